The zero-order valence-corrected chi connectivity index (χ0v) is 14.7. The van der Waals surface area contributed by atoms with E-state index in [4.69, 9.17) is 15.2 Å². The monoisotopic (exact) mass is 340 g/mol. The summed E-state index contributed by atoms with van der Waals surface area (Å²) in [7, 11) is 1.57. The van der Waals surface area contributed by atoms with Crippen molar-refractivity contribution in [3.63, 3.8) is 0 Å². The third-order valence-corrected chi connectivity index (χ3v) is 4.87. The van der Waals surface area contributed by atoms with Gasteiger partial charge in [-0.3, -0.25) is 4.79 Å². The number of anilines is 2. The standard InChI is InChI=1S/C20H24N2O3/c1-14-3-5-15(6-4-14)20(9-11-25-12-10-20)19(23)22-16-7-8-18(24-2)17(21)13-16/h3-8,13H,9-12,21H2,1-2H3,(H,22,23). The van der Waals surface area contributed by atoms with Crippen molar-refractivity contribution in [2.24, 2.45) is 0 Å². The molecule has 0 aliphatic carbocycles. The van der Waals surface area contributed by atoms with Gasteiger partial charge in [-0.15, -0.1) is 0 Å². The Morgan fingerprint density at radius 1 is 1.16 bits per heavy atom. The lowest BCUT2D eigenvalue weighted by Crippen LogP contribution is -2.44. The fraction of sp³-hybridized carbons (Fsp3) is 0.350. The topological polar surface area (TPSA) is 73.6 Å². The van der Waals surface area contributed by atoms with Crippen molar-refractivity contribution in [1.29, 1.82) is 0 Å². The van der Waals surface area contributed by atoms with E-state index in [1.165, 1.54) is 5.56 Å². The van der Waals surface area contributed by atoms with E-state index in [0.29, 0.717) is 43.2 Å². The van der Waals surface area contributed by atoms with Gasteiger partial charge in [0.1, 0.15) is 5.75 Å². The average molecular weight is 340 g/mol. The van der Waals surface area contributed by atoms with Crippen LogP contribution in [-0.4, -0.2) is 26.2 Å². The number of hydrogen-bond acceptors (Lipinski definition) is 4. The maximum absolute atomic E-state index is 13.2. The van der Waals surface area contributed by atoms with Gasteiger partial charge < -0.3 is 20.5 Å². The Morgan fingerprint density at radius 3 is 2.44 bits per heavy atom. The van der Waals surface area contributed by atoms with Crippen molar-refractivity contribution >= 4 is 17.3 Å². The number of hydrogen-bond donors (Lipinski definition) is 2. The minimum atomic E-state index is -0.583. The summed E-state index contributed by atoms with van der Waals surface area (Å²) >= 11 is 0. The number of amides is 1. The summed E-state index contributed by atoms with van der Waals surface area (Å²) in [4.78, 5) is 13.2. The first-order valence-electron chi connectivity index (χ1n) is 8.45. The van der Waals surface area contributed by atoms with E-state index in [0.717, 1.165) is 5.56 Å². The van der Waals surface area contributed by atoms with E-state index >= 15 is 0 Å². The summed E-state index contributed by atoms with van der Waals surface area (Å²) in [6.45, 7) is 3.19. The third kappa shape index (κ3) is 3.46. The average Bonchev–Trinajstić information content (AvgIpc) is 2.63. The highest BCUT2D eigenvalue weighted by Gasteiger charge is 2.41. The van der Waals surface area contributed by atoms with Crippen molar-refractivity contribution in [2.75, 3.05) is 31.4 Å². The molecule has 0 radical (unpaired) electrons. The predicted molar refractivity (Wildman–Crippen MR) is 98.9 cm³/mol. The third-order valence-electron chi connectivity index (χ3n) is 4.87. The van der Waals surface area contributed by atoms with Crippen LogP contribution in [0.25, 0.3) is 0 Å². The molecule has 0 bridgehead atoms. The lowest BCUT2D eigenvalue weighted by molar-refractivity contribution is -0.125. The number of benzene rings is 2. The van der Waals surface area contributed by atoms with Gasteiger partial charge in [-0.1, -0.05) is 29.8 Å². The van der Waals surface area contributed by atoms with E-state index in [1.807, 2.05) is 31.2 Å². The molecule has 1 aliphatic rings. The first kappa shape index (κ1) is 17.3. The summed E-state index contributed by atoms with van der Waals surface area (Å²) in [5.41, 5.74) is 8.74. The van der Waals surface area contributed by atoms with Crippen LogP contribution in [0.1, 0.15) is 24.0 Å². The van der Waals surface area contributed by atoms with Crippen molar-refractivity contribution in [3.05, 3.63) is 53.6 Å². The second-order valence-corrected chi connectivity index (χ2v) is 6.47. The Balaban J connectivity index is 1.89. The first-order chi connectivity index (χ1) is 12.0. The highest BCUT2D eigenvalue weighted by molar-refractivity contribution is 5.99. The molecular weight excluding hydrogens is 316 g/mol. The van der Waals surface area contributed by atoms with E-state index in [2.05, 4.69) is 5.32 Å². The van der Waals surface area contributed by atoms with E-state index in [9.17, 15) is 4.79 Å². The molecule has 1 amide bonds. The molecule has 3 N–H and O–H groups in total. The van der Waals surface area contributed by atoms with Crippen LogP contribution in [0.4, 0.5) is 11.4 Å². The van der Waals surface area contributed by atoms with Crippen molar-refractivity contribution in [1.82, 2.24) is 0 Å². The van der Waals surface area contributed by atoms with Crippen LogP contribution in [0.2, 0.25) is 0 Å². The molecule has 5 heteroatoms. The predicted octanol–water partition coefficient (Wildman–Crippen LogP) is 3.27. The molecule has 2 aromatic carbocycles. The number of nitrogen functional groups attached to an aromatic ring is 1. The number of carbonyl (C=O) groups excluding carboxylic acids is 1. The molecule has 25 heavy (non-hydrogen) atoms. The molecule has 0 unspecified atom stereocenters. The summed E-state index contributed by atoms with van der Waals surface area (Å²) in [5.74, 6) is 0.571. The lowest BCUT2D eigenvalue weighted by atomic mass is 9.73. The molecule has 0 aromatic heterocycles. The van der Waals surface area contributed by atoms with Crippen molar-refractivity contribution < 1.29 is 14.3 Å². The number of aryl methyl sites for hydroxylation is 1. The Bertz CT molecular complexity index is 750. The van der Waals surface area contributed by atoms with E-state index < -0.39 is 5.41 Å². The summed E-state index contributed by atoms with van der Waals surface area (Å²) < 4.78 is 10.7. The van der Waals surface area contributed by atoms with Gasteiger partial charge in [0.25, 0.3) is 0 Å². The smallest absolute Gasteiger partial charge is 0.235 e. The van der Waals surface area contributed by atoms with Gasteiger partial charge in [-0.2, -0.15) is 0 Å². The Morgan fingerprint density at radius 2 is 1.84 bits per heavy atom. The maximum atomic E-state index is 13.2. The fourth-order valence-electron chi connectivity index (χ4n) is 3.30. The van der Waals surface area contributed by atoms with Crippen LogP contribution in [0.15, 0.2) is 42.5 Å². The molecule has 3 rings (SSSR count). The zero-order chi connectivity index (χ0) is 17.9. The van der Waals surface area contributed by atoms with Crippen LogP contribution in [0, 0.1) is 6.92 Å². The Kier molecular flexibility index (Phi) is 4.95. The minimum absolute atomic E-state index is 0.0239. The Hall–Kier alpha value is -2.53. The SMILES string of the molecule is COc1ccc(NC(=O)C2(c3ccc(C)cc3)CCOCC2)cc1N. The zero-order valence-electron chi connectivity index (χ0n) is 14.7. The second kappa shape index (κ2) is 7.15. The molecule has 0 spiro atoms. The molecule has 1 fully saturated rings. The lowest BCUT2D eigenvalue weighted by Gasteiger charge is -2.36. The van der Waals surface area contributed by atoms with Crippen LogP contribution in [0.3, 0.4) is 0 Å². The van der Waals surface area contributed by atoms with Gasteiger partial charge in [0.15, 0.2) is 0 Å². The maximum Gasteiger partial charge on any atom is 0.235 e. The van der Waals surface area contributed by atoms with E-state index in [-0.39, 0.29) is 5.91 Å². The number of ether oxygens (including phenoxy) is 2. The van der Waals surface area contributed by atoms with Crippen LogP contribution < -0.4 is 15.8 Å². The van der Waals surface area contributed by atoms with Crippen LogP contribution >= 0.6 is 0 Å². The number of carbonyl (C=O) groups is 1. The molecule has 0 saturated carbocycles. The molecule has 5 nitrogen and oxygen atoms in total. The largest absolute Gasteiger partial charge is 0.495 e. The molecule has 1 saturated heterocycles. The Labute approximate surface area is 148 Å². The van der Waals surface area contributed by atoms with Gasteiger partial charge in [-0.25, -0.2) is 0 Å². The van der Waals surface area contributed by atoms with Gasteiger partial charge >= 0.3 is 0 Å². The molecular formula is C20H24N2O3. The molecule has 132 valence electrons. The molecule has 2 aromatic rings. The van der Waals surface area contributed by atoms with Gasteiger partial charge in [0.05, 0.1) is 18.2 Å². The molecule has 1 heterocycles. The van der Waals surface area contributed by atoms with Gasteiger partial charge in [-0.05, 0) is 43.5 Å². The summed E-state index contributed by atoms with van der Waals surface area (Å²) in [6.07, 6.45) is 1.32. The number of nitrogens with one attached hydrogen (secondary N) is 1. The highest BCUT2D eigenvalue weighted by Crippen LogP contribution is 2.37. The number of methoxy groups -OCH3 is 1. The van der Waals surface area contributed by atoms with Gasteiger partial charge in [0, 0.05) is 18.9 Å². The minimum Gasteiger partial charge on any atom is -0.495 e. The number of nitrogens with two attached hydrogens (primary N) is 1. The van der Waals surface area contributed by atoms with Crippen molar-refractivity contribution in [2.45, 2.75) is 25.2 Å². The van der Waals surface area contributed by atoms with Crippen LogP contribution in [-0.2, 0) is 14.9 Å². The fourth-order valence-corrected chi connectivity index (χ4v) is 3.30. The normalized spacial score (nSPS) is 16.2. The molecule has 0 atom stereocenters. The summed E-state index contributed by atoms with van der Waals surface area (Å²) in [5, 5.41) is 3.03. The second-order valence-electron chi connectivity index (χ2n) is 6.47. The van der Waals surface area contributed by atoms with E-state index in [1.54, 1.807) is 25.3 Å². The molecule has 1 aliphatic heterocycles. The quantitative estimate of drug-likeness (QED) is 0.838. The first-order valence-corrected chi connectivity index (χ1v) is 8.45. The van der Waals surface area contributed by atoms with Gasteiger partial charge in [0.2, 0.25) is 5.91 Å². The van der Waals surface area contributed by atoms with Crippen molar-refractivity contribution in [3.8, 4) is 5.75 Å². The van der Waals surface area contributed by atoms with Crippen LogP contribution in [0.5, 0.6) is 5.75 Å². The summed E-state index contributed by atoms with van der Waals surface area (Å²) in [6, 6.07) is 13.5. The number of rotatable bonds is 4. The highest BCUT2D eigenvalue weighted by atomic mass is 16.5.